The molecule has 3 nitrogen and oxygen atoms in total. The number of hydrogen-bond donors (Lipinski definition) is 1. The van der Waals surface area contributed by atoms with Gasteiger partial charge in [-0.3, -0.25) is 4.79 Å². The van der Waals surface area contributed by atoms with Gasteiger partial charge in [0, 0.05) is 13.0 Å². The van der Waals surface area contributed by atoms with Crippen LogP contribution in [-0.2, 0) is 17.6 Å². The normalized spacial score (nSPS) is 10.3. The van der Waals surface area contributed by atoms with E-state index in [1.807, 2.05) is 24.3 Å². The molecule has 2 aromatic carbocycles. The van der Waals surface area contributed by atoms with Crippen molar-refractivity contribution in [2.24, 2.45) is 0 Å². The fourth-order valence-corrected chi connectivity index (χ4v) is 2.21. The van der Waals surface area contributed by atoms with Crippen LogP contribution in [0.1, 0.15) is 17.5 Å². The first kappa shape index (κ1) is 16.0. The van der Waals surface area contributed by atoms with Crippen molar-refractivity contribution in [3.05, 3.63) is 65.5 Å². The lowest BCUT2D eigenvalue weighted by atomic mass is 10.1. The van der Waals surface area contributed by atoms with E-state index in [4.69, 9.17) is 4.74 Å². The Bertz CT molecular complexity index is 628. The Morgan fingerprint density at radius 3 is 2.73 bits per heavy atom. The Hall–Kier alpha value is -2.36. The van der Waals surface area contributed by atoms with Crippen LogP contribution in [0.2, 0.25) is 0 Å². The Morgan fingerprint density at radius 2 is 1.95 bits per heavy atom. The molecule has 0 bridgehead atoms. The molecule has 1 N–H and O–H groups in total. The molecule has 4 heteroatoms. The van der Waals surface area contributed by atoms with E-state index in [1.54, 1.807) is 25.3 Å². The van der Waals surface area contributed by atoms with E-state index in [2.05, 4.69) is 5.32 Å². The maximum absolute atomic E-state index is 13.4. The average molecular weight is 301 g/mol. The van der Waals surface area contributed by atoms with Crippen LogP contribution in [0.15, 0.2) is 48.5 Å². The Kier molecular flexibility index (Phi) is 5.95. The van der Waals surface area contributed by atoms with Crippen LogP contribution in [0.5, 0.6) is 5.75 Å². The van der Waals surface area contributed by atoms with Gasteiger partial charge in [-0.2, -0.15) is 0 Å². The predicted molar refractivity (Wildman–Crippen MR) is 84.4 cm³/mol. The first-order valence-electron chi connectivity index (χ1n) is 7.32. The molecule has 22 heavy (non-hydrogen) atoms. The maximum atomic E-state index is 13.4. The third kappa shape index (κ3) is 4.88. The van der Waals surface area contributed by atoms with E-state index >= 15 is 0 Å². The summed E-state index contributed by atoms with van der Waals surface area (Å²) in [7, 11) is 1.63. The SMILES string of the molecule is COc1cccc(CCNC(=O)CCc2ccccc2F)c1. The number of nitrogens with one attached hydrogen (secondary N) is 1. The van der Waals surface area contributed by atoms with Gasteiger partial charge in [0.1, 0.15) is 11.6 Å². The summed E-state index contributed by atoms with van der Waals surface area (Å²) < 4.78 is 18.6. The number of halogens is 1. The van der Waals surface area contributed by atoms with Crippen molar-refractivity contribution in [1.82, 2.24) is 5.32 Å². The summed E-state index contributed by atoms with van der Waals surface area (Å²) in [6.07, 6.45) is 1.44. The van der Waals surface area contributed by atoms with Crippen molar-refractivity contribution in [2.45, 2.75) is 19.3 Å². The molecule has 0 unspecified atom stereocenters. The summed E-state index contributed by atoms with van der Waals surface area (Å²) >= 11 is 0. The number of aryl methyl sites for hydroxylation is 1. The van der Waals surface area contributed by atoms with Gasteiger partial charge in [0.05, 0.1) is 7.11 Å². The molecule has 0 radical (unpaired) electrons. The summed E-state index contributed by atoms with van der Waals surface area (Å²) in [5.74, 6) is 0.487. The van der Waals surface area contributed by atoms with Crippen LogP contribution in [0.3, 0.4) is 0 Å². The minimum atomic E-state index is -0.258. The van der Waals surface area contributed by atoms with E-state index in [1.165, 1.54) is 6.07 Å². The Morgan fingerprint density at radius 1 is 1.14 bits per heavy atom. The van der Waals surface area contributed by atoms with Gasteiger partial charge in [-0.1, -0.05) is 30.3 Å². The Labute approximate surface area is 130 Å². The second-order valence-electron chi connectivity index (χ2n) is 5.04. The zero-order valence-electron chi connectivity index (χ0n) is 12.6. The zero-order valence-corrected chi connectivity index (χ0v) is 12.6. The highest BCUT2D eigenvalue weighted by atomic mass is 19.1. The monoisotopic (exact) mass is 301 g/mol. The van der Waals surface area contributed by atoms with Crippen LogP contribution in [-0.4, -0.2) is 19.6 Å². The molecular weight excluding hydrogens is 281 g/mol. The van der Waals surface area contributed by atoms with Gasteiger partial charge in [0.25, 0.3) is 0 Å². The third-order valence-electron chi connectivity index (χ3n) is 3.45. The highest BCUT2D eigenvalue weighted by Crippen LogP contribution is 2.12. The van der Waals surface area contributed by atoms with Gasteiger partial charge in [0.2, 0.25) is 5.91 Å². The number of carbonyl (C=O) groups excluding carboxylic acids is 1. The smallest absolute Gasteiger partial charge is 0.220 e. The number of amides is 1. The van der Waals surface area contributed by atoms with Crippen LogP contribution < -0.4 is 10.1 Å². The van der Waals surface area contributed by atoms with Gasteiger partial charge < -0.3 is 10.1 Å². The highest BCUT2D eigenvalue weighted by molar-refractivity contribution is 5.76. The second kappa shape index (κ2) is 8.17. The molecule has 0 fully saturated rings. The van der Waals surface area contributed by atoms with Gasteiger partial charge in [-0.05, 0) is 42.2 Å². The van der Waals surface area contributed by atoms with Crippen LogP contribution in [0, 0.1) is 5.82 Å². The highest BCUT2D eigenvalue weighted by Gasteiger charge is 2.05. The van der Waals surface area contributed by atoms with E-state index in [-0.39, 0.29) is 11.7 Å². The maximum Gasteiger partial charge on any atom is 0.220 e. The molecule has 0 saturated carbocycles. The van der Waals surface area contributed by atoms with E-state index < -0.39 is 0 Å². The zero-order chi connectivity index (χ0) is 15.8. The fraction of sp³-hybridized carbons (Fsp3) is 0.278. The van der Waals surface area contributed by atoms with E-state index in [0.717, 1.165) is 17.7 Å². The molecule has 0 aliphatic carbocycles. The van der Waals surface area contributed by atoms with Crippen molar-refractivity contribution in [3.63, 3.8) is 0 Å². The summed E-state index contributed by atoms with van der Waals surface area (Å²) in [5, 5.41) is 2.86. The molecule has 0 spiro atoms. The van der Waals surface area contributed by atoms with Crippen LogP contribution >= 0.6 is 0 Å². The first-order valence-corrected chi connectivity index (χ1v) is 7.32. The predicted octanol–water partition coefficient (Wildman–Crippen LogP) is 3.13. The molecule has 0 aliphatic heterocycles. The molecule has 0 heterocycles. The largest absolute Gasteiger partial charge is 0.497 e. The van der Waals surface area contributed by atoms with Gasteiger partial charge >= 0.3 is 0 Å². The molecule has 0 aromatic heterocycles. The third-order valence-corrected chi connectivity index (χ3v) is 3.45. The number of hydrogen-bond acceptors (Lipinski definition) is 2. The summed E-state index contributed by atoms with van der Waals surface area (Å²) in [6, 6.07) is 14.3. The average Bonchev–Trinajstić information content (AvgIpc) is 2.54. The molecule has 0 aliphatic rings. The number of carbonyl (C=O) groups is 1. The van der Waals surface area contributed by atoms with Crippen molar-refractivity contribution in [3.8, 4) is 5.75 Å². The second-order valence-corrected chi connectivity index (χ2v) is 5.04. The van der Waals surface area contributed by atoms with Crippen molar-refractivity contribution >= 4 is 5.91 Å². The lowest BCUT2D eigenvalue weighted by molar-refractivity contribution is -0.121. The van der Waals surface area contributed by atoms with Gasteiger partial charge in [-0.15, -0.1) is 0 Å². The minimum absolute atomic E-state index is 0.0638. The molecule has 116 valence electrons. The van der Waals surface area contributed by atoms with Crippen LogP contribution in [0.25, 0.3) is 0 Å². The number of rotatable bonds is 7. The van der Waals surface area contributed by atoms with Gasteiger partial charge in [-0.25, -0.2) is 4.39 Å². The summed E-state index contributed by atoms with van der Waals surface area (Å²) in [4.78, 5) is 11.8. The lowest BCUT2D eigenvalue weighted by Crippen LogP contribution is -2.25. The standard InChI is InChI=1S/C18H20FNO2/c1-22-16-7-4-5-14(13-16)11-12-20-18(21)10-9-15-6-2-3-8-17(15)19/h2-8,13H,9-12H2,1H3,(H,20,21). The van der Waals surface area contributed by atoms with E-state index in [0.29, 0.717) is 24.9 Å². The summed E-state index contributed by atoms with van der Waals surface area (Å²) in [5.41, 5.74) is 1.68. The Balaban J connectivity index is 1.72. The molecule has 2 rings (SSSR count). The van der Waals surface area contributed by atoms with Crippen molar-refractivity contribution in [1.29, 1.82) is 0 Å². The molecule has 0 atom stereocenters. The molecular formula is C18H20FNO2. The quantitative estimate of drug-likeness (QED) is 0.853. The van der Waals surface area contributed by atoms with Crippen molar-refractivity contribution in [2.75, 3.05) is 13.7 Å². The minimum Gasteiger partial charge on any atom is -0.497 e. The first-order chi connectivity index (χ1) is 10.7. The molecule has 2 aromatic rings. The lowest BCUT2D eigenvalue weighted by Gasteiger charge is -2.07. The fourth-order valence-electron chi connectivity index (χ4n) is 2.21. The van der Waals surface area contributed by atoms with Crippen molar-refractivity contribution < 1.29 is 13.9 Å². The van der Waals surface area contributed by atoms with Crippen LogP contribution in [0.4, 0.5) is 4.39 Å². The van der Waals surface area contributed by atoms with Gasteiger partial charge in [0.15, 0.2) is 0 Å². The molecule has 1 amide bonds. The summed E-state index contributed by atoms with van der Waals surface area (Å²) in [6.45, 7) is 0.559. The number of benzene rings is 2. The number of ether oxygens (including phenoxy) is 1. The van der Waals surface area contributed by atoms with E-state index in [9.17, 15) is 9.18 Å². The number of methoxy groups -OCH3 is 1. The topological polar surface area (TPSA) is 38.3 Å². The molecule has 0 saturated heterocycles.